The first-order valence-electron chi connectivity index (χ1n) is 6.29. The minimum absolute atomic E-state index is 0.0327. The molecule has 0 radical (unpaired) electrons. The SMILES string of the molecule is CC(C)Cc1ccc(S(=O)(=O)NC2CNC2)cc1. The molecule has 1 aliphatic rings. The molecule has 0 bridgehead atoms. The summed E-state index contributed by atoms with van der Waals surface area (Å²) in [6.07, 6.45) is 0.973. The van der Waals surface area contributed by atoms with E-state index in [1.54, 1.807) is 12.1 Å². The van der Waals surface area contributed by atoms with Crippen LogP contribution in [0.2, 0.25) is 0 Å². The third-order valence-electron chi connectivity index (χ3n) is 2.98. The molecule has 5 heteroatoms. The smallest absolute Gasteiger partial charge is 0.240 e. The lowest BCUT2D eigenvalue weighted by molar-refractivity contribution is 0.410. The summed E-state index contributed by atoms with van der Waals surface area (Å²) in [7, 11) is -3.36. The van der Waals surface area contributed by atoms with Gasteiger partial charge in [0.25, 0.3) is 0 Å². The Hall–Kier alpha value is -0.910. The molecule has 0 atom stereocenters. The first kappa shape index (κ1) is 13.5. The summed E-state index contributed by atoms with van der Waals surface area (Å²) in [6, 6.07) is 7.20. The molecule has 0 unspecified atom stereocenters. The number of hydrogen-bond acceptors (Lipinski definition) is 3. The van der Waals surface area contributed by atoms with Crippen LogP contribution in [0.25, 0.3) is 0 Å². The van der Waals surface area contributed by atoms with E-state index in [9.17, 15) is 8.42 Å². The molecule has 0 spiro atoms. The third-order valence-corrected chi connectivity index (χ3v) is 4.52. The van der Waals surface area contributed by atoms with Crippen LogP contribution in [-0.2, 0) is 16.4 Å². The molecule has 1 aromatic rings. The van der Waals surface area contributed by atoms with Crippen molar-refractivity contribution in [1.29, 1.82) is 0 Å². The van der Waals surface area contributed by atoms with Gasteiger partial charge in [-0.15, -0.1) is 0 Å². The Kier molecular flexibility index (Phi) is 4.04. The first-order chi connectivity index (χ1) is 8.47. The van der Waals surface area contributed by atoms with E-state index in [1.165, 1.54) is 5.56 Å². The minimum Gasteiger partial charge on any atom is -0.313 e. The molecule has 0 aliphatic carbocycles. The third kappa shape index (κ3) is 3.31. The molecule has 0 aromatic heterocycles. The van der Waals surface area contributed by atoms with E-state index in [2.05, 4.69) is 23.9 Å². The van der Waals surface area contributed by atoms with E-state index in [-0.39, 0.29) is 6.04 Å². The molecular formula is C13H20N2O2S. The molecule has 4 nitrogen and oxygen atoms in total. The van der Waals surface area contributed by atoms with Gasteiger partial charge in [0, 0.05) is 19.1 Å². The topological polar surface area (TPSA) is 58.2 Å². The lowest BCUT2D eigenvalue weighted by atomic mass is 10.0. The predicted octanol–water partition coefficient (Wildman–Crippen LogP) is 1.14. The largest absolute Gasteiger partial charge is 0.313 e. The maximum Gasteiger partial charge on any atom is 0.240 e. The quantitative estimate of drug-likeness (QED) is 0.842. The van der Waals surface area contributed by atoms with Gasteiger partial charge in [0.2, 0.25) is 10.0 Å². The van der Waals surface area contributed by atoms with Gasteiger partial charge in [0.15, 0.2) is 0 Å². The Morgan fingerprint density at radius 1 is 1.28 bits per heavy atom. The normalized spacial score (nSPS) is 16.8. The van der Waals surface area contributed by atoms with Gasteiger partial charge in [-0.25, -0.2) is 13.1 Å². The van der Waals surface area contributed by atoms with Gasteiger partial charge in [0.05, 0.1) is 4.90 Å². The van der Waals surface area contributed by atoms with Crippen molar-refractivity contribution in [3.63, 3.8) is 0 Å². The summed E-state index contributed by atoms with van der Waals surface area (Å²) in [6.45, 7) is 5.72. The number of benzene rings is 1. The average Bonchev–Trinajstić information content (AvgIpc) is 2.24. The van der Waals surface area contributed by atoms with Crippen LogP contribution in [0.5, 0.6) is 0 Å². The maximum absolute atomic E-state index is 12.0. The fourth-order valence-electron chi connectivity index (χ4n) is 1.94. The first-order valence-corrected chi connectivity index (χ1v) is 7.77. The van der Waals surface area contributed by atoms with E-state index < -0.39 is 10.0 Å². The molecule has 0 amide bonds. The summed E-state index contributed by atoms with van der Waals surface area (Å²) >= 11 is 0. The van der Waals surface area contributed by atoms with E-state index in [1.807, 2.05) is 12.1 Å². The second-order valence-corrected chi connectivity index (χ2v) is 6.93. The monoisotopic (exact) mass is 268 g/mol. The lowest BCUT2D eigenvalue weighted by Crippen LogP contribution is -2.56. The Morgan fingerprint density at radius 2 is 1.89 bits per heavy atom. The average molecular weight is 268 g/mol. The van der Waals surface area contributed by atoms with Crippen LogP contribution in [0.3, 0.4) is 0 Å². The van der Waals surface area contributed by atoms with Crippen molar-refractivity contribution in [2.75, 3.05) is 13.1 Å². The summed E-state index contributed by atoms with van der Waals surface area (Å²) in [5.41, 5.74) is 1.18. The molecule has 18 heavy (non-hydrogen) atoms. The predicted molar refractivity (Wildman–Crippen MR) is 72.0 cm³/mol. The van der Waals surface area contributed by atoms with E-state index in [0.717, 1.165) is 6.42 Å². The second kappa shape index (κ2) is 5.38. The Morgan fingerprint density at radius 3 is 2.33 bits per heavy atom. The second-order valence-electron chi connectivity index (χ2n) is 5.22. The van der Waals surface area contributed by atoms with Crippen molar-refractivity contribution < 1.29 is 8.42 Å². The van der Waals surface area contributed by atoms with Gasteiger partial charge < -0.3 is 5.32 Å². The van der Waals surface area contributed by atoms with Crippen molar-refractivity contribution in [2.45, 2.75) is 31.2 Å². The van der Waals surface area contributed by atoms with Gasteiger partial charge in [-0.3, -0.25) is 0 Å². The molecule has 1 aromatic carbocycles. The Labute approximate surface area is 109 Å². The van der Waals surface area contributed by atoms with Crippen molar-refractivity contribution in [3.05, 3.63) is 29.8 Å². The molecular weight excluding hydrogens is 248 g/mol. The molecule has 1 heterocycles. The zero-order chi connectivity index (χ0) is 13.2. The maximum atomic E-state index is 12.0. The van der Waals surface area contributed by atoms with Crippen LogP contribution in [0, 0.1) is 5.92 Å². The summed E-state index contributed by atoms with van der Waals surface area (Å²) in [5, 5.41) is 3.04. The summed E-state index contributed by atoms with van der Waals surface area (Å²) in [5.74, 6) is 0.576. The van der Waals surface area contributed by atoms with Gasteiger partial charge in [0.1, 0.15) is 0 Å². The fraction of sp³-hybridized carbons (Fsp3) is 0.538. The van der Waals surface area contributed by atoms with Crippen LogP contribution in [0.15, 0.2) is 29.2 Å². The summed E-state index contributed by atoms with van der Waals surface area (Å²) in [4.78, 5) is 0.349. The van der Waals surface area contributed by atoms with Gasteiger partial charge >= 0.3 is 0 Å². The van der Waals surface area contributed by atoms with Crippen LogP contribution < -0.4 is 10.0 Å². The van der Waals surface area contributed by atoms with Crippen molar-refractivity contribution >= 4 is 10.0 Å². The van der Waals surface area contributed by atoms with Crippen LogP contribution in [-0.4, -0.2) is 27.5 Å². The molecule has 1 aliphatic heterocycles. The minimum atomic E-state index is -3.36. The molecule has 1 saturated heterocycles. The number of rotatable bonds is 5. The van der Waals surface area contributed by atoms with Crippen LogP contribution in [0.4, 0.5) is 0 Å². The molecule has 1 fully saturated rings. The standard InChI is InChI=1S/C13H20N2O2S/c1-10(2)7-11-3-5-13(6-4-11)18(16,17)15-12-8-14-9-12/h3-6,10,12,14-15H,7-9H2,1-2H3. The molecule has 100 valence electrons. The zero-order valence-corrected chi connectivity index (χ0v) is 11.6. The molecule has 0 saturated carbocycles. The van der Waals surface area contributed by atoms with E-state index in [4.69, 9.17) is 0 Å². The Bertz CT molecular complexity index is 490. The highest BCUT2D eigenvalue weighted by molar-refractivity contribution is 7.89. The number of nitrogens with one attached hydrogen (secondary N) is 2. The van der Waals surface area contributed by atoms with E-state index in [0.29, 0.717) is 23.9 Å². The highest BCUT2D eigenvalue weighted by Crippen LogP contribution is 2.14. The van der Waals surface area contributed by atoms with Gasteiger partial charge in [-0.1, -0.05) is 26.0 Å². The van der Waals surface area contributed by atoms with E-state index >= 15 is 0 Å². The number of hydrogen-bond donors (Lipinski definition) is 2. The van der Waals surface area contributed by atoms with Crippen molar-refractivity contribution in [3.8, 4) is 0 Å². The number of sulfonamides is 1. The van der Waals surface area contributed by atoms with Crippen molar-refractivity contribution in [2.24, 2.45) is 5.92 Å². The molecule has 2 rings (SSSR count). The van der Waals surface area contributed by atoms with Crippen molar-refractivity contribution in [1.82, 2.24) is 10.0 Å². The highest BCUT2D eigenvalue weighted by Gasteiger charge is 2.24. The highest BCUT2D eigenvalue weighted by atomic mass is 32.2. The lowest BCUT2D eigenvalue weighted by Gasteiger charge is -2.27. The Balaban J connectivity index is 2.07. The zero-order valence-electron chi connectivity index (χ0n) is 10.8. The van der Waals surface area contributed by atoms with Crippen LogP contribution in [0.1, 0.15) is 19.4 Å². The molecule has 2 N–H and O–H groups in total. The van der Waals surface area contributed by atoms with Gasteiger partial charge in [-0.05, 0) is 30.0 Å². The van der Waals surface area contributed by atoms with Crippen LogP contribution >= 0.6 is 0 Å². The summed E-state index contributed by atoms with van der Waals surface area (Å²) < 4.78 is 26.7. The fourth-order valence-corrected chi connectivity index (χ4v) is 3.17. The van der Waals surface area contributed by atoms with Gasteiger partial charge in [-0.2, -0.15) is 0 Å².